The van der Waals surface area contributed by atoms with E-state index in [2.05, 4.69) is 25.8 Å². The van der Waals surface area contributed by atoms with Gasteiger partial charge in [-0.2, -0.15) is 0 Å². The van der Waals surface area contributed by atoms with E-state index in [0.29, 0.717) is 25.2 Å². The highest BCUT2D eigenvalue weighted by molar-refractivity contribution is 4.67. The van der Waals surface area contributed by atoms with Crippen LogP contribution in [0.2, 0.25) is 0 Å². The molecule has 0 fully saturated rings. The fourth-order valence-electron chi connectivity index (χ4n) is 1.73. The molecule has 110 valence electrons. The summed E-state index contributed by atoms with van der Waals surface area (Å²) >= 11 is 0. The van der Waals surface area contributed by atoms with Crippen molar-refractivity contribution in [3.05, 3.63) is 0 Å². The van der Waals surface area contributed by atoms with Crippen molar-refractivity contribution in [3.8, 4) is 0 Å². The maximum atomic E-state index is 6.04. The van der Waals surface area contributed by atoms with Gasteiger partial charge in [0.1, 0.15) is 0 Å². The Kier molecular flexibility index (Phi) is 10.6. The summed E-state index contributed by atoms with van der Waals surface area (Å²) in [6, 6.07) is 0.294. The van der Waals surface area contributed by atoms with E-state index in [-0.39, 0.29) is 6.29 Å². The Bertz CT molecular complexity index is 183. The summed E-state index contributed by atoms with van der Waals surface area (Å²) in [5.74, 6) is 0.554. The molecule has 0 amide bonds. The molecule has 1 unspecified atom stereocenters. The van der Waals surface area contributed by atoms with Crippen LogP contribution in [0.5, 0.6) is 0 Å². The van der Waals surface area contributed by atoms with Crippen LogP contribution in [0.4, 0.5) is 0 Å². The molecule has 0 spiro atoms. The summed E-state index contributed by atoms with van der Waals surface area (Å²) in [5, 5.41) is 0. The third-order valence-electron chi connectivity index (χ3n) is 3.15. The Balaban J connectivity index is 3.75. The molecule has 0 aromatic heterocycles. The lowest BCUT2D eigenvalue weighted by atomic mass is 10.0. The second-order valence-electron chi connectivity index (χ2n) is 5.13. The zero-order valence-electron chi connectivity index (χ0n) is 12.8. The van der Waals surface area contributed by atoms with Gasteiger partial charge in [0.15, 0.2) is 6.29 Å². The van der Waals surface area contributed by atoms with Gasteiger partial charge in [0, 0.05) is 32.2 Å². The minimum Gasteiger partial charge on any atom is -0.353 e. The second-order valence-corrected chi connectivity index (χ2v) is 5.13. The average molecular weight is 260 g/mol. The first-order valence-corrected chi connectivity index (χ1v) is 7.18. The van der Waals surface area contributed by atoms with Gasteiger partial charge in [0.05, 0.1) is 0 Å². The zero-order valence-corrected chi connectivity index (χ0v) is 12.8. The van der Waals surface area contributed by atoms with Crippen molar-refractivity contribution in [2.24, 2.45) is 11.7 Å². The van der Waals surface area contributed by atoms with E-state index >= 15 is 0 Å². The van der Waals surface area contributed by atoms with Gasteiger partial charge in [-0.1, -0.05) is 13.8 Å². The van der Waals surface area contributed by atoms with Crippen LogP contribution in [0.1, 0.15) is 40.5 Å². The third kappa shape index (κ3) is 8.86. The molecule has 0 saturated heterocycles. The Morgan fingerprint density at radius 3 is 1.94 bits per heavy atom. The van der Waals surface area contributed by atoms with Crippen molar-refractivity contribution >= 4 is 0 Å². The average Bonchev–Trinajstić information content (AvgIpc) is 2.33. The van der Waals surface area contributed by atoms with Crippen molar-refractivity contribution in [2.75, 3.05) is 33.4 Å². The highest BCUT2D eigenvalue weighted by Crippen LogP contribution is 2.06. The first kappa shape index (κ1) is 17.8. The van der Waals surface area contributed by atoms with E-state index in [9.17, 15) is 0 Å². The predicted molar refractivity (Wildman–Crippen MR) is 76.6 cm³/mol. The summed E-state index contributed by atoms with van der Waals surface area (Å²) < 4.78 is 11.0. The van der Waals surface area contributed by atoms with Crippen LogP contribution in [0.15, 0.2) is 0 Å². The van der Waals surface area contributed by atoms with Gasteiger partial charge in [-0.05, 0) is 39.8 Å². The van der Waals surface area contributed by atoms with Gasteiger partial charge in [0.25, 0.3) is 0 Å². The summed E-state index contributed by atoms with van der Waals surface area (Å²) in [4.78, 5) is 2.30. The van der Waals surface area contributed by atoms with E-state index in [4.69, 9.17) is 15.2 Å². The molecule has 0 aliphatic rings. The van der Waals surface area contributed by atoms with E-state index in [1.54, 1.807) is 0 Å². The second kappa shape index (κ2) is 10.7. The molecule has 4 heteroatoms. The number of nitrogens with two attached hydrogens (primary N) is 1. The molecule has 0 heterocycles. The van der Waals surface area contributed by atoms with Gasteiger partial charge < -0.3 is 20.1 Å². The van der Waals surface area contributed by atoms with Crippen molar-refractivity contribution < 1.29 is 9.47 Å². The number of ether oxygens (including phenoxy) is 2. The quantitative estimate of drug-likeness (QED) is 0.578. The summed E-state index contributed by atoms with van der Waals surface area (Å²) in [6.45, 7) is 11.8. The Morgan fingerprint density at radius 2 is 1.50 bits per heavy atom. The molecule has 1 atom stereocenters. The number of hydrogen-bond donors (Lipinski definition) is 1. The molecule has 18 heavy (non-hydrogen) atoms. The molecule has 0 aromatic rings. The van der Waals surface area contributed by atoms with E-state index < -0.39 is 0 Å². The maximum Gasteiger partial charge on any atom is 0.158 e. The molecular weight excluding hydrogens is 228 g/mol. The largest absolute Gasteiger partial charge is 0.353 e. The fourth-order valence-corrected chi connectivity index (χ4v) is 1.73. The Morgan fingerprint density at radius 1 is 1.00 bits per heavy atom. The monoisotopic (exact) mass is 260 g/mol. The molecule has 4 nitrogen and oxygen atoms in total. The van der Waals surface area contributed by atoms with Crippen molar-refractivity contribution in [1.29, 1.82) is 0 Å². The normalized spacial score (nSPS) is 13.8. The summed E-state index contributed by atoms with van der Waals surface area (Å²) in [6.07, 6.45) is 1.89. The van der Waals surface area contributed by atoms with Gasteiger partial charge in [-0.15, -0.1) is 0 Å². The molecule has 0 aromatic carbocycles. The molecule has 0 aliphatic heterocycles. The van der Waals surface area contributed by atoms with Crippen LogP contribution in [0.25, 0.3) is 0 Å². The zero-order chi connectivity index (χ0) is 14.0. The highest BCUT2D eigenvalue weighted by Gasteiger charge is 2.11. The van der Waals surface area contributed by atoms with Gasteiger partial charge in [0.2, 0.25) is 0 Å². The molecule has 0 saturated carbocycles. The molecule has 0 aliphatic carbocycles. The minimum absolute atomic E-state index is 0.0683. The van der Waals surface area contributed by atoms with Crippen LogP contribution < -0.4 is 5.73 Å². The van der Waals surface area contributed by atoms with Crippen LogP contribution in [-0.4, -0.2) is 50.6 Å². The first-order chi connectivity index (χ1) is 8.51. The smallest absolute Gasteiger partial charge is 0.158 e. The lowest BCUT2D eigenvalue weighted by Gasteiger charge is -2.23. The Hall–Kier alpha value is -0.160. The number of nitrogens with zero attached hydrogens (tertiary/aromatic N) is 1. The lowest BCUT2D eigenvalue weighted by Crippen LogP contribution is -2.33. The molecule has 0 bridgehead atoms. The fraction of sp³-hybridized carbons (Fsp3) is 1.00. The lowest BCUT2D eigenvalue weighted by molar-refractivity contribution is -0.141. The predicted octanol–water partition coefficient (Wildman–Crippen LogP) is 2.08. The van der Waals surface area contributed by atoms with E-state index in [1.165, 1.54) is 0 Å². The van der Waals surface area contributed by atoms with Crippen LogP contribution in [-0.2, 0) is 9.47 Å². The topological polar surface area (TPSA) is 47.7 Å². The Labute approximate surface area is 113 Å². The van der Waals surface area contributed by atoms with E-state index in [1.807, 2.05) is 13.8 Å². The SMILES string of the molecule is CCOC(CCN(C)CCC(N)C(C)C)OCC. The van der Waals surface area contributed by atoms with Crippen molar-refractivity contribution in [3.63, 3.8) is 0 Å². The van der Waals surface area contributed by atoms with Gasteiger partial charge >= 0.3 is 0 Å². The first-order valence-electron chi connectivity index (χ1n) is 7.18. The maximum absolute atomic E-state index is 6.04. The summed E-state index contributed by atoms with van der Waals surface area (Å²) in [5.41, 5.74) is 6.04. The summed E-state index contributed by atoms with van der Waals surface area (Å²) in [7, 11) is 2.13. The number of hydrogen-bond acceptors (Lipinski definition) is 4. The highest BCUT2D eigenvalue weighted by atomic mass is 16.7. The van der Waals surface area contributed by atoms with Crippen molar-refractivity contribution in [2.45, 2.75) is 52.9 Å². The van der Waals surface area contributed by atoms with Gasteiger partial charge in [-0.25, -0.2) is 0 Å². The molecule has 0 rings (SSSR count). The van der Waals surface area contributed by atoms with Crippen LogP contribution in [0.3, 0.4) is 0 Å². The van der Waals surface area contributed by atoms with E-state index in [0.717, 1.165) is 25.9 Å². The van der Waals surface area contributed by atoms with Gasteiger partial charge in [-0.3, -0.25) is 0 Å². The van der Waals surface area contributed by atoms with Crippen LogP contribution in [0, 0.1) is 5.92 Å². The van der Waals surface area contributed by atoms with Crippen LogP contribution >= 0.6 is 0 Å². The molecule has 2 N–H and O–H groups in total. The standard InChI is InChI=1S/C14H32N2O2/c1-6-17-14(18-7-2)9-11-16(5)10-8-13(15)12(3)4/h12-14H,6-11,15H2,1-5H3. The van der Waals surface area contributed by atoms with Crippen molar-refractivity contribution in [1.82, 2.24) is 4.90 Å². The third-order valence-corrected chi connectivity index (χ3v) is 3.15. The number of rotatable bonds is 11. The minimum atomic E-state index is -0.0683. The molecular formula is C14H32N2O2. The molecule has 0 radical (unpaired) electrons.